The number of hydrogen-bond donors (Lipinski definition) is 0. The third-order valence-electron chi connectivity index (χ3n) is 5.42. The summed E-state index contributed by atoms with van der Waals surface area (Å²) in [4.78, 5) is 16.8. The third-order valence-corrected chi connectivity index (χ3v) is 5.42. The van der Waals surface area contributed by atoms with E-state index in [-0.39, 0.29) is 5.91 Å². The van der Waals surface area contributed by atoms with Crippen molar-refractivity contribution < 1.29 is 14.3 Å². The second-order valence-electron chi connectivity index (χ2n) is 7.52. The van der Waals surface area contributed by atoms with Gasteiger partial charge in [0.15, 0.2) is 0 Å². The quantitative estimate of drug-likeness (QED) is 0.681. The molecular weight excluding hydrogens is 364 g/mol. The molecule has 0 spiro atoms. The van der Waals surface area contributed by atoms with Gasteiger partial charge in [-0.15, -0.1) is 0 Å². The Bertz CT molecular complexity index is 827. The Kier molecular flexibility index (Phi) is 6.47. The topological polar surface area (TPSA) is 42.0 Å². The number of benzene rings is 2. The van der Waals surface area contributed by atoms with E-state index in [9.17, 15) is 4.79 Å². The molecular formula is C24H28N2O3. The standard InChI is InChI=1S/C24H28N2O3/c27-24-18-23(29-19-20-6-2-1-3-7-20)12-15-26(24)21-8-10-22(11-9-21)28-17-16-25-13-4-5-14-25/h1-3,6-12H,4-5,13-19H2. The van der Waals surface area contributed by atoms with Crippen LogP contribution in [0, 0.1) is 0 Å². The molecule has 0 aliphatic carbocycles. The summed E-state index contributed by atoms with van der Waals surface area (Å²) in [6, 6.07) is 17.8. The summed E-state index contributed by atoms with van der Waals surface area (Å²) in [5.74, 6) is 1.65. The fraction of sp³-hybridized carbons (Fsp3) is 0.375. The number of anilines is 1. The molecule has 2 aromatic rings. The third kappa shape index (κ3) is 5.39. The summed E-state index contributed by atoms with van der Waals surface area (Å²) in [7, 11) is 0. The van der Waals surface area contributed by atoms with Crippen LogP contribution in [0.1, 0.15) is 24.8 Å². The highest BCUT2D eigenvalue weighted by atomic mass is 16.5. The molecule has 2 aromatic carbocycles. The Balaban J connectivity index is 1.27. The van der Waals surface area contributed by atoms with Crippen LogP contribution in [0.25, 0.3) is 0 Å². The Morgan fingerprint density at radius 2 is 1.66 bits per heavy atom. The normalized spacial score (nSPS) is 17.3. The lowest BCUT2D eigenvalue weighted by Gasteiger charge is -2.26. The molecule has 152 valence electrons. The van der Waals surface area contributed by atoms with Gasteiger partial charge in [0.1, 0.15) is 24.7 Å². The molecule has 4 rings (SSSR count). The highest BCUT2D eigenvalue weighted by Crippen LogP contribution is 2.24. The lowest BCUT2D eigenvalue weighted by molar-refractivity contribution is -0.118. The molecule has 2 aliphatic heterocycles. The van der Waals surface area contributed by atoms with Crippen molar-refractivity contribution in [1.29, 1.82) is 0 Å². The molecule has 0 N–H and O–H groups in total. The average molecular weight is 392 g/mol. The number of rotatable bonds is 8. The van der Waals surface area contributed by atoms with Crippen LogP contribution in [0.5, 0.6) is 5.75 Å². The fourth-order valence-electron chi connectivity index (χ4n) is 3.74. The monoisotopic (exact) mass is 392 g/mol. The zero-order valence-electron chi connectivity index (χ0n) is 16.8. The zero-order valence-corrected chi connectivity index (χ0v) is 16.8. The Labute approximate surface area is 172 Å². The maximum absolute atomic E-state index is 12.6. The van der Waals surface area contributed by atoms with E-state index in [2.05, 4.69) is 4.90 Å². The maximum atomic E-state index is 12.6. The van der Waals surface area contributed by atoms with Gasteiger partial charge >= 0.3 is 0 Å². The molecule has 1 amide bonds. The van der Waals surface area contributed by atoms with Gasteiger partial charge in [0.25, 0.3) is 0 Å². The molecule has 0 saturated carbocycles. The van der Waals surface area contributed by atoms with Gasteiger partial charge in [-0.2, -0.15) is 0 Å². The van der Waals surface area contributed by atoms with E-state index in [1.54, 1.807) is 4.90 Å². The number of hydrogen-bond acceptors (Lipinski definition) is 4. The largest absolute Gasteiger partial charge is 0.493 e. The Morgan fingerprint density at radius 1 is 0.897 bits per heavy atom. The second kappa shape index (κ2) is 9.61. The molecule has 1 fully saturated rings. The summed E-state index contributed by atoms with van der Waals surface area (Å²) < 4.78 is 11.7. The molecule has 5 nitrogen and oxygen atoms in total. The van der Waals surface area contributed by atoms with Crippen LogP contribution < -0.4 is 9.64 Å². The van der Waals surface area contributed by atoms with Gasteiger partial charge in [0.05, 0.1) is 6.42 Å². The van der Waals surface area contributed by atoms with E-state index < -0.39 is 0 Å². The maximum Gasteiger partial charge on any atom is 0.234 e. The van der Waals surface area contributed by atoms with Crippen LogP contribution >= 0.6 is 0 Å². The van der Waals surface area contributed by atoms with Crippen LogP contribution in [0.3, 0.4) is 0 Å². The summed E-state index contributed by atoms with van der Waals surface area (Å²) in [6.45, 7) is 5.06. The lowest BCUT2D eigenvalue weighted by atomic mass is 10.1. The van der Waals surface area contributed by atoms with Crippen molar-refractivity contribution in [2.75, 3.05) is 37.7 Å². The van der Waals surface area contributed by atoms with Crippen molar-refractivity contribution in [3.63, 3.8) is 0 Å². The SMILES string of the molecule is O=C1CC(OCc2ccccc2)=CCN1c1ccc(OCCN2CCCC2)cc1. The first kappa shape index (κ1) is 19.5. The van der Waals surface area contributed by atoms with Crippen molar-refractivity contribution in [3.8, 4) is 5.75 Å². The summed E-state index contributed by atoms with van der Waals surface area (Å²) >= 11 is 0. The van der Waals surface area contributed by atoms with Crippen molar-refractivity contribution in [2.24, 2.45) is 0 Å². The fourth-order valence-corrected chi connectivity index (χ4v) is 3.74. The summed E-state index contributed by atoms with van der Waals surface area (Å²) in [5, 5.41) is 0. The minimum atomic E-state index is 0.0539. The van der Waals surface area contributed by atoms with Crippen LogP contribution in [-0.2, 0) is 16.1 Å². The molecule has 1 saturated heterocycles. The van der Waals surface area contributed by atoms with Gasteiger partial charge in [0.2, 0.25) is 5.91 Å². The molecule has 2 heterocycles. The van der Waals surface area contributed by atoms with E-state index >= 15 is 0 Å². The van der Waals surface area contributed by atoms with E-state index in [1.807, 2.05) is 60.7 Å². The van der Waals surface area contributed by atoms with Crippen molar-refractivity contribution in [2.45, 2.75) is 25.9 Å². The van der Waals surface area contributed by atoms with Crippen molar-refractivity contribution in [3.05, 3.63) is 72.0 Å². The Hall–Kier alpha value is -2.79. The molecule has 0 aromatic heterocycles. The highest BCUT2D eigenvalue weighted by molar-refractivity contribution is 5.96. The number of carbonyl (C=O) groups excluding carboxylic acids is 1. The molecule has 0 unspecified atom stereocenters. The van der Waals surface area contributed by atoms with E-state index in [0.717, 1.165) is 29.3 Å². The van der Waals surface area contributed by atoms with Crippen LogP contribution in [-0.4, -0.2) is 43.6 Å². The predicted octanol–water partition coefficient (Wildman–Crippen LogP) is 4.00. The van der Waals surface area contributed by atoms with E-state index in [0.29, 0.717) is 26.2 Å². The molecule has 5 heteroatoms. The van der Waals surface area contributed by atoms with Crippen molar-refractivity contribution in [1.82, 2.24) is 4.90 Å². The number of amides is 1. The van der Waals surface area contributed by atoms with Crippen LogP contribution in [0.15, 0.2) is 66.4 Å². The number of ether oxygens (including phenoxy) is 2. The minimum Gasteiger partial charge on any atom is -0.493 e. The molecule has 0 radical (unpaired) electrons. The predicted molar refractivity (Wildman–Crippen MR) is 114 cm³/mol. The zero-order chi connectivity index (χ0) is 19.9. The molecule has 29 heavy (non-hydrogen) atoms. The summed E-state index contributed by atoms with van der Waals surface area (Å²) in [5.41, 5.74) is 1.99. The van der Waals surface area contributed by atoms with Crippen molar-refractivity contribution >= 4 is 11.6 Å². The molecule has 0 atom stereocenters. The average Bonchev–Trinajstić information content (AvgIpc) is 3.27. The first-order valence-corrected chi connectivity index (χ1v) is 10.4. The smallest absolute Gasteiger partial charge is 0.234 e. The highest BCUT2D eigenvalue weighted by Gasteiger charge is 2.22. The summed E-state index contributed by atoms with van der Waals surface area (Å²) in [6.07, 6.45) is 4.88. The van der Waals surface area contributed by atoms with Gasteiger partial charge in [-0.3, -0.25) is 9.69 Å². The molecule has 0 bridgehead atoms. The second-order valence-corrected chi connectivity index (χ2v) is 7.52. The van der Waals surface area contributed by atoms with Crippen LogP contribution in [0.4, 0.5) is 5.69 Å². The number of carbonyl (C=O) groups is 1. The molecule has 2 aliphatic rings. The first-order chi connectivity index (χ1) is 14.3. The van der Waals surface area contributed by atoms with E-state index in [4.69, 9.17) is 9.47 Å². The Morgan fingerprint density at radius 3 is 2.38 bits per heavy atom. The first-order valence-electron chi connectivity index (χ1n) is 10.4. The van der Waals surface area contributed by atoms with Crippen LogP contribution in [0.2, 0.25) is 0 Å². The van der Waals surface area contributed by atoms with Gasteiger partial charge in [-0.05, 0) is 61.8 Å². The van der Waals surface area contributed by atoms with E-state index in [1.165, 1.54) is 25.9 Å². The number of likely N-dealkylation sites (tertiary alicyclic amines) is 1. The van der Waals surface area contributed by atoms with Gasteiger partial charge < -0.3 is 14.4 Å². The minimum absolute atomic E-state index is 0.0539. The van der Waals surface area contributed by atoms with Gasteiger partial charge in [0, 0.05) is 18.8 Å². The number of nitrogens with zero attached hydrogens (tertiary/aromatic N) is 2. The lowest BCUT2D eigenvalue weighted by Crippen LogP contribution is -2.34. The van der Waals surface area contributed by atoms with Gasteiger partial charge in [-0.1, -0.05) is 30.3 Å². The van der Waals surface area contributed by atoms with Gasteiger partial charge in [-0.25, -0.2) is 0 Å².